The predicted molar refractivity (Wildman–Crippen MR) is 79.4 cm³/mol. The smallest absolute Gasteiger partial charge is 0.142 e. The van der Waals surface area contributed by atoms with Crippen LogP contribution in [0.1, 0.15) is 54.0 Å². The summed E-state index contributed by atoms with van der Waals surface area (Å²) in [6.07, 6.45) is 7.23. The van der Waals surface area contributed by atoms with Crippen LogP contribution in [-0.2, 0) is 12.8 Å². The second-order valence-corrected chi connectivity index (χ2v) is 6.08. The lowest BCUT2D eigenvalue weighted by Crippen LogP contribution is -2.18. The van der Waals surface area contributed by atoms with Crippen molar-refractivity contribution >= 4 is 11.6 Å². The Morgan fingerprint density at radius 3 is 2.53 bits per heavy atom. The molecule has 0 bridgehead atoms. The summed E-state index contributed by atoms with van der Waals surface area (Å²) < 4.78 is 5.66. The lowest BCUT2D eigenvalue weighted by atomic mass is 9.84. The number of benzene rings is 1. The Kier molecular flexibility index (Phi) is 3.72. The van der Waals surface area contributed by atoms with Gasteiger partial charge >= 0.3 is 0 Å². The van der Waals surface area contributed by atoms with Gasteiger partial charge in [0, 0.05) is 11.6 Å². The predicted octanol–water partition coefficient (Wildman–Crippen LogP) is 3.96. The molecule has 3 heteroatoms. The molecule has 1 heterocycles. The number of nitrogens with one attached hydrogen (secondary N) is 1. The summed E-state index contributed by atoms with van der Waals surface area (Å²) in [4.78, 5) is 0. The van der Waals surface area contributed by atoms with Gasteiger partial charge in [0.05, 0.1) is 12.1 Å². The number of ether oxygens (including phenoxy) is 1. The van der Waals surface area contributed by atoms with Crippen molar-refractivity contribution in [3.05, 3.63) is 27.3 Å². The van der Waals surface area contributed by atoms with Crippen LogP contribution < -0.4 is 10.1 Å². The Morgan fingerprint density at radius 1 is 1.16 bits per heavy atom. The first-order chi connectivity index (χ1) is 9.24. The first-order valence-electron chi connectivity index (χ1n) is 7.35. The van der Waals surface area contributed by atoms with E-state index in [1.807, 2.05) is 0 Å². The van der Waals surface area contributed by atoms with Crippen molar-refractivity contribution in [2.45, 2.75) is 51.5 Å². The maximum absolute atomic E-state index is 6.63. The molecule has 104 valence electrons. The summed E-state index contributed by atoms with van der Waals surface area (Å²) in [6, 6.07) is 0.416. The van der Waals surface area contributed by atoms with Crippen LogP contribution >= 0.6 is 11.6 Å². The first kappa shape index (κ1) is 13.3. The van der Waals surface area contributed by atoms with Crippen molar-refractivity contribution in [1.82, 2.24) is 5.32 Å². The van der Waals surface area contributed by atoms with Gasteiger partial charge in [0.15, 0.2) is 0 Å². The summed E-state index contributed by atoms with van der Waals surface area (Å²) in [6.45, 7) is 3.35. The fourth-order valence-corrected chi connectivity index (χ4v) is 4.09. The molecule has 0 saturated carbocycles. The Balaban J connectivity index is 2.18. The number of hydrogen-bond donors (Lipinski definition) is 1. The van der Waals surface area contributed by atoms with E-state index in [0.717, 1.165) is 23.7 Å². The molecule has 1 N–H and O–H groups in total. The molecule has 1 aliphatic heterocycles. The summed E-state index contributed by atoms with van der Waals surface area (Å²) in [7, 11) is 1.74. The molecular weight excluding hydrogens is 258 g/mol. The number of halogens is 1. The van der Waals surface area contributed by atoms with Gasteiger partial charge in [-0.25, -0.2) is 0 Å². The summed E-state index contributed by atoms with van der Waals surface area (Å²) in [5.74, 6) is 0.916. The molecule has 19 heavy (non-hydrogen) atoms. The van der Waals surface area contributed by atoms with E-state index in [2.05, 4.69) is 12.2 Å². The van der Waals surface area contributed by atoms with Crippen molar-refractivity contribution in [1.29, 1.82) is 0 Å². The molecule has 2 nitrogen and oxygen atoms in total. The Labute approximate surface area is 120 Å². The highest BCUT2D eigenvalue weighted by Crippen LogP contribution is 2.44. The lowest BCUT2D eigenvalue weighted by molar-refractivity contribution is 0.401. The van der Waals surface area contributed by atoms with Crippen LogP contribution in [0.4, 0.5) is 0 Å². The molecule has 1 atom stereocenters. The monoisotopic (exact) mass is 279 g/mol. The van der Waals surface area contributed by atoms with Gasteiger partial charge in [-0.3, -0.25) is 0 Å². The number of fused-ring (bicyclic) bond motifs is 1. The third kappa shape index (κ3) is 2.15. The van der Waals surface area contributed by atoms with E-state index in [1.165, 1.54) is 54.4 Å². The van der Waals surface area contributed by atoms with Gasteiger partial charge in [-0.1, -0.05) is 11.6 Å². The number of methoxy groups -OCH3 is 1. The van der Waals surface area contributed by atoms with E-state index in [4.69, 9.17) is 16.3 Å². The van der Waals surface area contributed by atoms with Crippen LogP contribution in [-0.4, -0.2) is 13.7 Å². The van der Waals surface area contributed by atoms with Gasteiger partial charge in [0.2, 0.25) is 0 Å². The van der Waals surface area contributed by atoms with Crippen LogP contribution in [0.15, 0.2) is 0 Å². The van der Waals surface area contributed by atoms with Gasteiger partial charge in [0.1, 0.15) is 5.75 Å². The van der Waals surface area contributed by atoms with Crippen molar-refractivity contribution in [3.8, 4) is 5.75 Å². The van der Waals surface area contributed by atoms with Gasteiger partial charge < -0.3 is 10.1 Å². The molecule has 1 fully saturated rings. The second-order valence-electron chi connectivity index (χ2n) is 5.70. The zero-order valence-corrected chi connectivity index (χ0v) is 12.6. The molecule has 0 amide bonds. The van der Waals surface area contributed by atoms with Crippen molar-refractivity contribution in [3.63, 3.8) is 0 Å². The summed E-state index contributed by atoms with van der Waals surface area (Å²) in [5, 5.41) is 4.45. The van der Waals surface area contributed by atoms with Gasteiger partial charge in [-0.2, -0.15) is 0 Å². The Morgan fingerprint density at radius 2 is 1.89 bits per heavy atom. The van der Waals surface area contributed by atoms with E-state index in [1.54, 1.807) is 7.11 Å². The van der Waals surface area contributed by atoms with E-state index >= 15 is 0 Å². The minimum Gasteiger partial charge on any atom is -0.495 e. The molecule has 1 aliphatic carbocycles. The molecule has 3 rings (SSSR count). The largest absolute Gasteiger partial charge is 0.495 e. The van der Waals surface area contributed by atoms with Gasteiger partial charge in [-0.15, -0.1) is 0 Å². The highest BCUT2D eigenvalue weighted by Gasteiger charge is 2.28. The van der Waals surface area contributed by atoms with Gasteiger partial charge in [0.25, 0.3) is 0 Å². The molecule has 0 spiro atoms. The zero-order chi connectivity index (χ0) is 13.4. The van der Waals surface area contributed by atoms with Crippen LogP contribution in [0.25, 0.3) is 0 Å². The fraction of sp³-hybridized carbons (Fsp3) is 0.625. The van der Waals surface area contributed by atoms with E-state index < -0.39 is 0 Å². The highest BCUT2D eigenvalue weighted by molar-refractivity contribution is 6.33. The molecule has 1 unspecified atom stereocenters. The lowest BCUT2D eigenvalue weighted by Gasteiger charge is -2.27. The molecule has 1 aromatic rings. The topological polar surface area (TPSA) is 21.3 Å². The maximum Gasteiger partial charge on any atom is 0.142 e. The molecular formula is C16H22ClNO. The van der Waals surface area contributed by atoms with Crippen molar-refractivity contribution in [2.24, 2.45) is 0 Å². The quantitative estimate of drug-likeness (QED) is 0.885. The average Bonchev–Trinajstić information content (AvgIpc) is 2.96. The molecule has 0 radical (unpaired) electrons. The first-order valence-corrected chi connectivity index (χ1v) is 7.73. The number of rotatable bonds is 2. The number of hydrogen-bond acceptors (Lipinski definition) is 2. The van der Waals surface area contributed by atoms with Crippen LogP contribution in [0.5, 0.6) is 5.75 Å². The van der Waals surface area contributed by atoms with Gasteiger partial charge in [-0.05, 0) is 68.7 Å². The second kappa shape index (κ2) is 5.34. The molecule has 1 aromatic carbocycles. The van der Waals surface area contributed by atoms with Crippen molar-refractivity contribution < 1.29 is 4.74 Å². The highest BCUT2D eigenvalue weighted by atomic mass is 35.5. The van der Waals surface area contributed by atoms with E-state index in [0.29, 0.717) is 6.04 Å². The Hall–Kier alpha value is -0.730. The Bertz CT molecular complexity index is 492. The van der Waals surface area contributed by atoms with E-state index in [9.17, 15) is 0 Å². The molecule has 1 saturated heterocycles. The normalized spacial score (nSPS) is 22.4. The van der Waals surface area contributed by atoms with Crippen LogP contribution in [0, 0.1) is 6.92 Å². The molecule has 2 aliphatic rings. The maximum atomic E-state index is 6.63. The standard InChI is InChI=1S/C16H22ClNO/c1-10-11-6-3-4-7-12(11)15(17)16(19-2)14(10)13-8-5-9-18-13/h13,18H,3-9H2,1-2H3. The van der Waals surface area contributed by atoms with Crippen LogP contribution in [0.2, 0.25) is 5.02 Å². The van der Waals surface area contributed by atoms with Crippen molar-refractivity contribution in [2.75, 3.05) is 13.7 Å². The SMILES string of the molecule is COc1c(Cl)c2c(c(C)c1C1CCCN1)CCCC2. The minimum atomic E-state index is 0.416. The average molecular weight is 280 g/mol. The minimum absolute atomic E-state index is 0.416. The fourth-order valence-electron chi connectivity index (χ4n) is 3.70. The zero-order valence-electron chi connectivity index (χ0n) is 11.8. The van der Waals surface area contributed by atoms with E-state index in [-0.39, 0.29) is 0 Å². The third-order valence-electron chi connectivity index (χ3n) is 4.65. The van der Waals surface area contributed by atoms with Crippen LogP contribution in [0.3, 0.4) is 0 Å². The molecule has 0 aromatic heterocycles. The summed E-state index contributed by atoms with van der Waals surface area (Å²) >= 11 is 6.63. The third-order valence-corrected chi connectivity index (χ3v) is 5.05. The summed E-state index contributed by atoms with van der Waals surface area (Å²) in [5.41, 5.74) is 5.55.